The fraction of sp³-hybridized carbons (Fsp3) is 0.762. The Morgan fingerprint density at radius 1 is 1.13 bits per heavy atom. The topological polar surface area (TPSA) is 87.6 Å². The largest absolute Gasteiger partial charge is 0.444 e. The molecule has 1 amide bonds. The second-order valence-corrected chi connectivity index (χ2v) is 10.6. The molecular formula is C21H38IN5O2S. The molecule has 1 aliphatic carbocycles. The van der Waals surface area contributed by atoms with Crippen LogP contribution < -0.4 is 16.0 Å². The van der Waals surface area contributed by atoms with Crippen molar-refractivity contribution < 1.29 is 9.53 Å². The van der Waals surface area contributed by atoms with Gasteiger partial charge in [-0.15, -0.1) is 35.3 Å². The van der Waals surface area contributed by atoms with Crippen molar-refractivity contribution in [1.82, 2.24) is 20.9 Å². The smallest absolute Gasteiger partial charge is 0.407 e. The molecule has 0 saturated heterocycles. The van der Waals surface area contributed by atoms with E-state index in [0.717, 1.165) is 42.3 Å². The Morgan fingerprint density at radius 3 is 2.17 bits per heavy atom. The molecule has 0 aliphatic heterocycles. The van der Waals surface area contributed by atoms with Crippen LogP contribution in [0.15, 0.2) is 10.4 Å². The fourth-order valence-corrected chi connectivity index (χ4v) is 4.10. The van der Waals surface area contributed by atoms with E-state index >= 15 is 0 Å². The number of hydrogen-bond acceptors (Lipinski definition) is 5. The molecule has 1 aliphatic rings. The summed E-state index contributed by atoms with van der Waals surface area (Å²) >= 11 is 1.68. The van der Waals surface area contributed by atoms with Crippen LogP contribution in [-0.4, -0.2) is 41.8 Å². The van der Waals surface area contributed by atoms with Crippen LogP contribution in [0.25, 0.3) is 0 Å². The Hall–Kier alpha value is -1.10. The number of aromatic nitrogens is 1. The fourth-order valence-electron chi connectivity index (χ4n) is 3.14. The van der Waals surface area contributed by atoms with Crippen molar-refractivity contribution >= 4 is 47.4 Å². The molecule has 1 aromatic heterocycles. The van der Waals surface area contributed by atoms with Gasteiger partial charge in [0.25, 0.3) is 0 Å². The Bertz CT molecular complexity index is 701. The van der Waals surface area contributed by atoms with Gasteiger partial charge in [-0.1, -0.05) is 20.8 Å². The summed E-state index contributed by atoms with van der Waals surface area (Å²) in [7, 11) is 1.79. The minimum atomic E-state index is -0.466. The lowest BCUT2D eigenvalue weighted by Crippen LogP contribution is -2.47. The monoisotopic (exact) mass is 551 g/mol. The van der Waals surface area contributed by atoms with Gasteiger partial charge >= 0.3 is 6.09 Å². The highest BCUT2D eigenvalue weighted by Gasteiger charge is 2.25. The van der Waals surface area contributed by atoms with Crippen molar-refractivity contribution in [2.24, 2.45) is 4.99 Å². The molecular weight excluding hydrogens is 513 g/mol. The summed E-state index contributed by atoms with van der Waals surface area (Å²) in [6.45, 7) is 12.8. The van der Waals surface area contributed by atoms with Crippen LogP contribution in [-0.2, 0) is 16.7 Å². The van der Waals surface area contributed by atoms with Gasteiger partial charge in [0.15, 0.2) is 5.96 Å². The van der Waals surface area contributed by atoms with Crippen LogP contribution in [0.2, 0.25) is 0 Å². The van der Waals surface area contributed by atoms with E-state index in [4.69, 9.17) is 9.72 Å². The zero-order chi connectivity index (χ0) is 21.7. The van der Waals surface area contributed by atoms with E-state index < -0.39 is 5.60 Å². The molecule has 1 saturated carbocycles. The molecule has 2 rings (SSSR count). The Balaban J connectivity index is 0.00000450. The highest BCUT2D eigenvalue weighted by molar-refractivity contribution is 14.0. The number of amides is 1. The van der Waals surface area contributed by atoms with Gasteiger partial charge in [-0.2, -0.15) is 0 Å². The van der Waals surface area contributed by atoms with Crippen molar-refractivity contribution in [3.8, 4) is 0 Å². The molecule has 3 N–H and O–H groups in total. The van der Waals surface area contributed by atoms with E-state index in [-0.39, 0.29) is 41.5 Å². The van der Waals surface area contributed by atoms with Crippen molar-refractivity contribution in [2.45, 2.75) is 96.9 Å². The molecule has 0 radical (unpaired) electrons. The molecule has 1 fully saturated rings. The summed E-state index contributed by atoms with van der Waals surface area (Å²) in [5, 5.41) is 13.0. The third-order valence-corrected chi connectivity index (χ3v) is 5.59. The van der Waals surface area contributed by atoms with E-state index in [1.165, 1.54) is 0 Å². The minimum Gasteiger partial charge on any atom is -0.444 e. The van der Waals surface area contributed by atoms with E-state index in [0.29, 0.717) is 12.6 Å². The molecule has 1 heterocycles. The van der Waals surface area contributed by atoms with Crippen LogP contribution >= 0.6 is 35.3 Å². The van der Waals surface area contributed by atoms with Crippen LogP contribution in [0.3, 0.4) is 0 Å². The van der Waals surface area contributed by atoms with Gasteiger partial charge in [0.05, 0.1) is 12.2 Å². The number of carbonyl (C=O) groups excluding carboxylic acids is 1. The van der Waals surface area contributed by atoms with Gasteiger partial charge in [0.2, 0.25) is 0 Å². The zero-order valence-electron chi connectivity index (χ0n) is 19.3. The number of thiazole rings is 1. The highest BCUT2D eigenvalue weighted by Crippen LogP contribution is 2.24. The minimum absolute atomic E-state index is 0. The van der Waals surface area contributed by atoms with E-state index in [1.54, 1.807) is 18.4 Å². The van der Waals surface area contributed by atoms with Crippen molar-refractivity contribution in [3.63, 3.8) is 0 Å². The molecule has 0 bridgehead atoms. The first-order valence-electron chi connectivity index (χ1n) is 10.4. The molecule has 0 spiro atoms. The maximum Gasteiger partial charge on any atom is 0.407 e. The third-order valence-electron chi connectivity index (χ3n) is 4.74. The summed E-state index contributed by atoms with van der Waals surface area (Å²) in [6, 6.07) is 0.517. The number of ether oxygens (including phenoxy) is 1. The molecule has 1 aromatic rings. The van der Waals surface area contributed by atoms with Crippen LogP contribution in [0.4, 0.5) is 4.79 Å². The number of guanidine groups is 1. The lowest BCUT2D eigenvalue weighted by Gasteiger charge is -2.31. The number of hydrogen-bond donors (Lipinski definition) is 3. The number of nitrogens with zero attached hydrogens (tertiary/aromatic N) is 2. The van der Waals surface area contributed by atoms with Crippen LogP contribution in [0.1, 0.15) is 77.9 Å². The van der Waals surface area contributed by atoms with Gasteiger partial charge in [0.1, 0.15) is 10.6 Å². The Labute approximate surface area is 202 Å². The maximum atomic E-state index is 11.9. The summed E-state index contributed by atoms with van der Waals surface area (Å²) in [5.74, 6) is 0.793. The first-order valence-corrected chi connectivity index (χ1v) is 11.3. The summed E-state index contributed by atoms with van der Waals surface area (Å²) in [5.41, 5.74) is 0.727. The molecule has 0 unspecified atom stereocenters. The van der Waals surface area contributed by atoms with Gasteiger partial charge in [0, 0.05) is 29.9 Å². The lowest BCUT2D eigenvalue weighted by atomic mass is 9.91. The standard InChI is InChI=1S/C21H37N5O2S.HI/c1-20(2,3)16-13-29-17(26-16)12-23-18(22-7)24-14-8-10-15(11-9-14)25-19(27)28-21(4,5)6;/h13-15H,8-12H2,1-7H3,(H,25,27)(H2,22,23,24);1H. The lowest BCUT2D eigenvalue weighted by molar-refractivity contribution is 0.0490. The number of rotatable bonds is 4. The summed E-state index contributed by atoms with van der Waals surface area (Å²) in [4.78, 5) is 21.0. The van der Waals surface area contributed by atoms with Crippen LogP contribution in [0.5, 0.6) is 0 Å². The first kappa shape index (κ1) is 26.9. The van der Waals surface area contributed by atoms with Gasteiger partial charge in [-0.25, -0.2) is 9.78 Å². The maximum absolute atomic E-state index is 11.9. The molecule has 9 heteroatoms. The Kier molecular flexibility index (Phi) is 10.3. The third kappa shape index (κ3) is 9.36. The van der Waals surface area contributed by atoms with Gasteiger partial charge < -0.3 is 20.7 Å². The second-order valence-electron chi connectivity index (χ2n) is 9.64. The molecule has 7 nitrogen and oxygen atoms in total. The molecule has 0 aromatic carbocycles. The quantitative estimate of drug-likeness (QED) is 0.290. The molecule has 30 heavy (non-hydrogen) atoms. The second kappa shape index (κ2) is 11.5. The number of carbonyl (C=O) groups is 1. The predicted molar refractivity (Wildman–Crippen MR) is 135 cm³/mol. The highest BCUT2D eigenvalue weighted by atomic mass is 127. The summed E-state index contributed by atoms with van der Waals surface area (Å²) in [6.07, 6.45) is 3.48. The summed E-state index contributed by atoms with van der Waals surface area (Å²) < 4.78 is 5.35. The first-order chi connectivity index (χ1) is 13.5. The van der Waals surface area contributed by atoms with Crippen LogP contribution in [0, 0.1) is 0 Å². The van der Waals surface area contributed by atoms with E-state index in [9.17, 15) is 4.79 Å². The zero-order valence-corrected chi connectivity index (χ0v) is 22.4. The van der Waals surface area contributed by atoms with Gasteiger partial charge in [-0.05, 0) is 46.5 Å². The number of alkyl carbamates (subject to hydrolysis) is 1. The average molecular weight is 552 g/mol. The van der Waals surface area contributed by atoms with E-state index in [1.807, 2.05) is 20.8 Å². The van der Waals surface area contributed by atoms with E-state index in [2.05, 4.69) is 47.1 Å². The number of aliphatic imine (C=N–C) groups is 1. The van der Waals surface area contributed by atoms with Crippen molar-refractivity contribution in [2.75, 3.05) is 7.05 Å². The predicted octanol–water partition coefficient (Wildman–Crippen LogP) is 4.56. The molecule has 172 valence electrons. The average Bonchev–Trinajstić information content (AvgIpc) is 3.08. The van der Waals surface area contributed by atoms with Crippen molar-refractivity contribution in [1.29, 1.82) is 0 Å². The molecule has 0 atom stereocenters. The Morgan fingerprint density at radius 2 is 1.70 bits per heavy atom. The normalized spacial score (nSPS) is 20.2. The number of nitrogens with one attached hydrogen (secondary N) is 3. The van der Waals surface area contributed by atoms with Gasteiger partial charge in [-0.3, -0.25) is 4.99 Å². The SMILES string of the molecule is CN=C(NCc1nc(C(C)(C)C)cs1)NC1CCC(NC(=O)OC(C)(C)C)CC1.I. The van der Waals surface area contributed by atoms with Crippen molar-refractivity contribution in [3.05, 3.63) is 16.1 Å². The number of halogens is 1.